The highest BCUT2D eigenvalue weighted by molar-refractivity contribution is 5.69. The Morgan fingerprint density at radius 3 is 2.70 bits per heavy atom. The normalized spacial score (nSPS) is 17.9. The number of benzene rings is 2. The molecule has 5 rings (SSSR count). The largest absolute Gasteiger partial charge is 0.495 e. The standard InChI is InChI=1S/C25H24FN5O2/c1-17-15-30(16-27-17)21-10-4-18(14-22(21)33-2)5-11-23-28-24-25(32,12-3-13-31(24)29-23)19-6-8-20(26)9-7-19/h4-11,14-16,32H,3,12-13H2,1-2H3/t25-/m0/s1. The first-order valence-electron chi connectivity index (χ1n) is 10.8. The Labute approximate surface area is 190 Å². The molecule has 2 aromatic heterocycles. The first kappa shape index (κ1) is 21.1. The van der Waals surface area contributed by atoms with E-state index in [0.29, 0.717) is 30.2 Å². The third kappa shape index (κ3) is 3.93. The fourth-order valence-electron chi connectivity index (χ4n) is 4.22. The zero-order valence-electron chi connectivity index (χ0n) is 18.4. The van der Waals surface area contributed by atoms with Gasteiger partial charge in [0.15, 0.2) is 11.6 Å². The van der Waals surface area contributed by atoms with E-state index in [1.165, 1.54) is 12.1 Å². The minimum absolute atomic E-state index is 0.340. The summed E-state index contributed by atoms with van der Waals surface area (Å²) in [5, 5.41) is 16.0. The first-order valence-corrected chi connectivity index (χ1v) is 10.8. The van der Waals surface area contributed by atoms with Gasteiger partial charge in [0.25, 0.3) is 0 Å². The van der Waals surface area contributed by atoms with Crippen molar-refractivity contribution in [2.45, 2.75) is 31.9 Å². The van der Waals surface area contributed by atoms with Crippen molar-refractivity contribution in [3.63, 3.8) is 0 Å². The Morgan fingerprint density at radius 2 is 1.97 bits per heavy atom. The fourth-order valence-corrected chi connectivity index (χ4v) is 4.22. The summed E-state index contributed by atoms with van der Waals surface area (Å²) < 4.78 is 22.6. The van der Waals surface area contributed by atoms with E-state index in [1.54, 1.807) is 30.3 Å². The van der Waals surface area contributed by atoms with E-state index < -0.39 is 5.60 Å². The first-order chi connectivity index (χ1) is 16.0. The number of imidazole rings is 1. The second kappa shape index (κ2) is 8.29. The summed E-state index contributed by atoms with van der Waals surface area (Å²) in [6.45, 7) is 2.61. The monoisotopic (exact) mass is 445 g/mol. The number of nitrogens with zero attached hydrogens (tertiary/aromatic N) is 5. The van der Waals surface area contributed by atoms with Crippen LogP contribution in [0, 0.1) is 12.7 Å². The van der Waals surface area contributed by atoms with Crippen LogP contribution in [0.2, 0.25) is 0 Å². The van der Waals surface area contributed by atoms with Crippen molar-refractivity contribution in [1.29, 1.82) is 0 Å². The fraction of sp³-hybridized carbons (Fsp3) is 0.240. The summed E-state index contributed by atoms with van der Waals surface area (Å²) in [7, 11) is 1.64. The van der Waals surface area contributed by atoms with Gasteiger partial charge in [0.05, 0.1) is 24.8 Å². The Hall–Kier alpha value is -3.78. The van der Waals surface area contributed by atoms with Gasteiger partial charge in [-0.2, -0.15) is 5.10 Å². The van der Waals surface area contributed by atoms with Crippen molar-refractivity contribution in [2.24, 2.45) is 0 Å². The zero-order valence-corrected chi connectivity index (χ0v) is 18.4. The van der Waals surface area contributed by atoms with Crippen LogP contribution in [-0.2, 0) is 12.1 Å². The molecular weight excluding hydrogens is 421 g/mol. The van der Waals surface area contributed by atoms with Crippen LogP contribution < -0.4 is 4.74 Å². The number of fused-ring (bicyclic) bond motifs is 1. The summed E-state index contributed by atoms with van der Waals surface area (Å²) in [5.74, 6) is 1.36. The van der Waals surface area contributed by atoms with Crippen molar-refractivity contribution in [3.05, 3.63) is 89.3 Å². The van der Waals surface area contributed by atoms with Crippen molar-refractivity contribution < 1.29 is 14.2 Å². The van der Waals surface area contributed by atoms with Crippen LogP contribution in [-0.4, -0.2) is 36.5 Å². The molecule has 3 heterocycles. The number of aromatic nitrogens is 5. The number of aliphatic hydroxyl groups is 1. The molecule has 33 heavy (non-hydrogen) atoms. The lowest BCUT2D eigenvalue weighted by molar-refractivity contribution is 0.0394. The van der Waals surface area contributed by atoms with Crippen molar-refractivity contribution >= 4 is 12.2 Å². The summed E-state index contributed by atoms with van der Waals surface area (Å²) in [5.41, 5.74) is 2.07. The van der Waals surface area contributed by atoms with E-state index in [4.69, 9.17) is 4.74 Å². The molecule has 4 aromatic rings. The number of methoxy groups -OCH3 is 1. The van der Waals surface area contributed by atoms with E-state index in [1.807, 2.05) is 48.0 Å². The highest BCUT2D eigenvalue weighted by atomic mass is 19.1. The molecule has 0 saturated heterocycles. The number of aryl methyl sites for hydroxylation is 2. The minimum Gasteiger partial charge on any atom is -0.495 e. The molecule has 0 spiro atoms. The van der Waals surface area contributed by atoms with Crippen LogP contribution in [0.15, 0.2) is 55.0 Å². The maximum Gasteiger partial charge on any atom is 0.174 e. The predicted molar refractivity (Wildman–Crippen MR) is 122 cm³/mol. The zero-order chi connectivity index (χ0) is 23.0. The molecular formula is C25H24FN5O2. The molecule has 168 valence electrons. The van der Waals surface area contributed by atoms with Gasteiger partial charge in [-0.1, -0.05) is 24.3 Å². The Morgan fingerprint density at radius 1 is 1.15 bits per heavy atom. The average molecular weight is 445 g/mol. The number of ether oxygens (including phenoxy) is 1. The van der Waals surface area contributed by atoms with Crippen LogP contribution in [0.5, 0.6) is 5.75 Å². The Balaban J connectivity index is 1.43. The van der Waals surface area contributed by atoms with Gasteiger partial charge in [0, 0.05) is 12.7 Å². The molecule has 1 atom stereocenters. The summed E-state index contributed by atoms with van der Waals surface area (Å²) >= 11 is 0. The van der Waals surface area contributed by atoms with E-state index in [2.05, 4.69) is 15.1 Å². The molecule has 0 fully saturated rings. The molecule has 7 nitrogen and oxygen atoms in total. The number of rotatable bonds is 5. The molecule has 0 amide bonds. The molecule has 8 heteroatoms. The van der Waals surface area contributed by atoms with E-state index in [0.717, 1.165) is 29.1 Å². The van der Waals surface area contributed by atoms with Crippen LogP contribution in [0.1, 0.15) is 41.3 Å². The van der Waals surface area contributed by atoms with Gasteiger partial charge in [-0.25, -0.2) is 19.0 Å². The maximum absolute atomic E-state index is 13.4. The van der Waals surface area contributed by atoms with Gasteiger partial charge in [-0.15, -0.1) is 0 Å². The molecule has 1 N–H and O–H groups in total. The Kier molecular flexibility index (Phi) is 5.30. The number of hydrogen-bond donors (Lipinski definition) is 1. The number of hydrogen-bond acceptors (Lipinski definition) is 5. The lowest BCUT2D eigenvalue weighted by Crippen LogP contribution is -2.35. The van der Waals surface area contributed by atoms with E-state index >= 15 is 0 Å². The highest BCUT2D eigenvalue weighted by Crippen LogP contribution is 2.36. The molecule has 0 saturated carbocycles. The van der Waals surface area contributed by atoms with Gasteiger partial charge >= 0.3 is 0 Å². The SMILES string of the molecule is COc1cc(C=Cc2nc3n(n2)CCC[C@]3(O)c2ccc(F)cc2)ccc1-n1cnc(C)c1. The third-order valence-electron chi connectivity index (χ3n) is 5.91. The van der Waals surface area contributed by atoms with Crippen molar-refractivity contribution in [3.8, 4) is 11.4 Å². The smallest absolute Gasteiger partial charge is 0.174 e. The highest BCUT2D eigenvalue weighted by Gasteiger charge is 2.39. The minimum atomic E-state index is -1.29. The van der Waals surface area contributed by atoms with E-state index in [9.17, 15) is 9.50 Å². The summed E-state index contributed by atoms with van der Waals surface area (Å²) in [4.78, 5) is 8.88. The average Bonchev–Trinajstić information content (AvgIpc) is 3.45. The van der Waals surface area contributed by atoms with Crippen LogP contribution in [0.4, 0.5) is 4.39 Å². The third-order valence-corrected chi connectivity index (χ3v) is 5.91. The summed E-state index contributed by atoms with van der Waals surface area (Å²) in [6, 6.07) is 11.8. The summed E-state index contributed by atoms with van der Waals surface area (Å²) in [6.07, 6.45) is 8.67. The molecule has 0 aliphatic carbocycles. The van der Waals surface area contributed by atoms with Crippen molar-refractivity contribution in [2.75, 3.05) is 7.11 Å². The van der Waals surface area contributed by atoms with Gasteiger partial charge in [-0.3, -0.25) is 0 Å². The molecule has 2 aromatic carbocycles. The lowest BCUT2D eigenvalue weighted by atomic mass is 9.86. The molecule has 0 unspecified atom stereocenters. The molecule has 0 radical (unpaired) electrons. The lowest BCUT2D eigenvalue weighted by Gasteiger charge is -2.31. The second-order valence-electron chi connectivity index (χ2n) is 8.17. The van der Waals surface area contributed by atoms with Gasteiger partial charge in [0.1, 0.15) is 17.2 Å². The van der Waals surface area contributed by atoms with Crippen LogP contribution in [0.3, 0.4) is 0 Å². The van der Waals surface area contributed by atoms with E-state index in [-0.39, 0.29) is 5.82 Å². The van der Waals surface area contributed by atoms with Gasteiger partial charge < -0.3 is 14.4 Å². The van der Waals surface area contributed by atoms with Gasteiger partial charge in [-0.05, 0) is 61.2 Å². The van der Waals surface area contributed by atoms with Crippen LogP contribution in [0.25, 0.3) is 17.8 Å². The van der Waals surface area contributed by atoms with Gasteiger partial charge in [0.2, 0.25) is 0 Å². The second-order valence-corrected chi connectivity index (χ2v) is 8.17. The van der Waals surface area contributed by atoms with Crippen molar-refractivity contribution in [1.82, 2.24) is 24.3 Å². The van der Waals surface area contributed by atoms with Crippen LogP contribution >= 0.6 is 0 Å². The predicted octanol–water partition coefficient (Wildman–Crippen LogP) is 4.12. The Bertz CT molecular complexity index is 1330. The molecule has 0 bridgehead atoms. The number of halogens is 1. The topological polar surface area (TPSA) is 78.0 Å². The maximum atomic E-state index is 13.4. The molecule has 1 aliphatic rings. The molecule has 1 aliphatic heterocycles. The quantitative estimate of drug-likeness (QED) is 0.500.